The third kappa shape index (κ3) is 3.76. The van der Waals surface area contributed by atoms with Gasteiger partial charge < -0.3 is 15.2 Å². The Morgan fingerprint density at radius 1 is 1.61 bits per heavy atom. The van der Waals surface area contributed by atoms with Crippen LogP contribution in [0.4, 0.5) is 11.5 Å². The molecule has 0 aromatic carbocycles. The zero-order valence-electron chi connectivity index (χ0n) is 9.88. The number of anilines is 1. The first-order valence-electron chi connectivity index (χ1n) is 5.07. The molecule has 1 unspecified atom stereocenters. The third-order valence-corrected chi connectivity index (χ3v) is 2.17. The maximum absolute atomic E-state index is 10.9. The molecular formula is C9H13ClN4O4. The van der Waals surface area contributed by atoms with Crippen molar-refractivity contribution in [1.29, 1.82) is 0 Å². The first-order chi connectivity index (χ1) is 8.45. The largest absolute Gasteiger partial charge is 0.392 e. The van der Waals surface area contributed by atoms with Crippen LogP contribution in [0.3, 0.4) is 0 Å². The van der Waals surface area contributed by atoms with Crippen LogP contribution in [-0.4, -0.2) is 39.8 Å². The highest BCUT2D eigenvalue weighted by Crippen LogP contribution is 2.29. The van der Waals surface area contributed by atoms with E-state index in [1.165, 1.54) is 14.0 Å². The SMILES string of the molecule is COCc1nc(Cl)c([N+](=O)[O-])c(NCC(C)O)n1. The number of hydrogen-bond acceptors (Lipinski definition) is 7. The highest BCUT2D eigenvalue weighted by molar-refractivity contribution is 6.31. The molecule has 8 nitrogen and oxygen atoms in total. The second-order valence-electron chi connectivity index (χ2n) is 3.55. The Bertz CT molecular complexity index is 441. The lowest BCUT2D eigenvalue weighted by molar-refractivity contribution is -0.384. The van der Waals surface area contributed by atoms with Crippen LogP contribution in [0.5, 0.6) is 0 Å². The number of ether oxygens (including phenoxy) is 1. The van der Waals surface area contributed by atoms with E-state index in [0.29, 0.717) is 0 Å². The van der Waals surface area contributed by atoms with Crippen molar-refractivity contribution in [1.82, 2.24) is 9.97 Å². The van der Waals surface area contributed by atoms with Crippen LogP contribution < -0.4 is 5.32 Å². The lowest BCUT2D eigenvalue weighted by atomic mass is 10.4. The summed E-state index contributed by atoms with van der Waals surface area (Å²) in [7, 11) is 1.45. The Morgan fingerprint density at radius 2 is 2.28 bits per heavy atom. The lowest BCUT2D eigenvalue weighted by Crippen LogP contribution is -2.18. The summed E-state index contributed by atoms with van der Waals surface area (Å²) in [5.74, 6) is 0.189. The van der Waals surface area contributed by atoms with E-state index >= 15 is 0 Å². The van der Waals surface area contributed by atoms with Crippen molar-refractivity contribution in [2.45, 2.75) is 19.6 Å². The van der Waals surface area contributed by atoms with Gasteiger partial charge in [-0.1, -0.05) is 11.6 Å². The predicted molar refractivity (Wildman–Crippen MR) is 64.6 cm³/mol. The molecule has 0 amide bonds. The highest BCUT2D eigenvalue weighted by atomic mass is 35.5. The van der Waals surface area contributed by atoms with Gasteiger partial charge in [0.2, 0.25) is 11.0 Å². The van der Waals surface area contributed by atoms with Crippen molar-refractivity contribution >= 4 is 23.1 Å². The molecule has 1 aromatic heterocycles. The van der Waals surface area contributed by atoms with Crippen LogP contribution in [0.2, 0.25) is 5.15 Å². The number of hydrogen-bond donors (Lipinski definition) is 2. The van der Waals surface area contributed by atoms with E-state index < -0.39 is 16.7 Å². The van der Waals surface area contributed by atoms with E-state index in [1.54, 1.807) is 0 Å². The Balaban J connectivity index is 3.11. The average Bonchev–Trinajstić information content (AvgIpc) is 2.25. The van der Waals surface area contributed by atoms with E-state index in [-0.39, 0.29) is 29.9 Å². The molecular weight excluding hydrogens is 264 g/mol. The molecule has 0 aliphatic carbocycles. The molecule has 0 fully saturated rings. The van der Waals surface area contributed by atoms with Crippen LogP contribution >= 0.6 is 11.6 Å². The molecule has 18 heavy (non-hydrogen) atoms. The van der Waals surface area contributed by atoms with Crippen LogP contribution in [0.15, 0.2) is 0 Å². The van der Waals surface area contributed by atoms with Gasteiger partial charge in [0.25, 0.3) is 0 Å². The van der Waals surface area contributed by atoms with Crippen molar-refractivity contribution < 1.29 is 14.8 Å². The standard InChI is InChI=1S/C9H13ClN4O4/c1-5(15)3-11-9-7(14(16)17)8(10)12-6(13-9)4-18-2/h5,15H,3-4H2,1-2H3,(H,11,12,13). The predicted octanol–water partition coefficient (Wildman–Crippen LogP) is 0.977. The summed E-state index contributed by atoms with van der Waals surface area (Å²) >= 11 is 5.73. The Morgan fingerprint density at radius 3 is 2.78 bits per heavy atom. The van der Waals surface area contributed by atoms with E-state index in [1.807, 2.05) is 0 Å². The third-order valence-electron chi connectivity index (χ3n) is 1.91. The number of nitrogens with one attached hydrogen (secondary N) is 1. The fourth-order valence-corrected chi connectivity index (χ4v) is 1.45. The normalized spacial score (nSPS) is 12.2. The zero-order chi connectivity index (χ0) is 13.7. The Labute approximate surface area is 108 Å². The molecule has 0 saturated carbocycles. The molecule has 1 aromatic rings. The molecule has 1 atom stereocenters. The number of halogens is 1. The van der Waals surface area contributed by atoms with Gasteiger partial charge in [-0.3, -0.25) is 10.1 Å². The second-order valence-corrected chi connectivity index (χ2v) is 3.91. The van der Waals surface area contributed by atoms with E-state index in [4.69, 9.17) is 21.4 Å². The lowest BCUT2D eigenvalue weighted by Gasteiger charge is -2.09. The molecule has 0 saturated heterocycles. The molecule has 0 bridgehead atoms. The molecule has 0 radical (unpaired) electrons. The van der Waals surface area contributed by atoms with Gasteiger partial charge in [-0.2, -0.15) is 0 Å². The summed E-state index contributed by atoms with van der Waals surface area (Å²) in [5, 5.41) is 22.4. The highest BCUT2D eigenvalue weighted by Gasteiger charge is 2.23. The zero-order valence-corrected chi connectivity index (χ0v) is 10.6. The van der Waals surface area contributed by atoms with Crippen LogP contribution in [-0.2, 0) is 11.3 Å². The van der Waals surface area contributed by atoms with Crippen molar-refractivity contribution in [3.8, 4) is 0 Å². The number of methoxy groups -OCH3 is 1. The van der Waals surface area contributed by atoms with E-state index in [9.17, 15) is 10.1 Å². The second kappa shape index (κ2) is 6.43. The van der Waals surface area contributed by atoms with Gasteiger partial charge in [0.05, 0.1) is 11.0 Å². The quantitative estimate of drug-likeness (QED) is 0.452. The van der Waals surface area contributed by atoms with Gasteiger partial charge in [0, 0.05) is 13.7 Å². The molecule has 0 aliphatic rings. The van der Waals surface area contributed by atoms with Crippen molar-refractivity contribution in [3.63, 3.8) is 0 Å². The average molecular weight is 277 g/mol. The summed E-state index contributed by atoms with van der Waals surface area (Å²) in [6, 6.07) is 0. The van der Waals surface area contributed by atoms with Crippen molar-refractivity contribution in [2.75, 3.05) is 19.0 Å². The van der Waals surface area contributed by atoms with Crippen molar-refractivity contribution in [3.05, 3.63) is 21.1 Å². The topological polar surface area (TPSA) is 110 Å². The minimum atomic E-state index is -0.677. The molecule has 100 valence electrons. The Hall–Kier alpha value is -1.51. The van der Waals surface area contributed by atoms with Gasteiger partial charge in [-0.25, -0.2) is 9.97 Å². The summed E-state index contributed by atoms with van der Waals surface area (Å²) in [6.07, 6.45) is -0.677. The van der Waals surface area contributed by atoms with Crippen LogP contribution in [0, 0.1) is 10.1 Å². The fourth-order valence-electron chi connectivity index (χ4n) is 1.19. The van der Waals surface area contributed by atoms with Gasteiger partial charge >= 0.3 is 5.69 Å². The molecule has 2 N–H and O–H groups in total. The minimum Gasteiger partial charge on any atom is -0.392 e. The van der Waals surface area contributed by atoms with Gasteiger partial charge in [-0.05, 0) is 6.92 Å². The van der Waals surface area contributed by atoms with Crippen LogP contribution in [0.25, 0.3) is 0 Å². The number of nitro groups is 1. The number of aliphatic hydroxyl groups excluding tert-OH is 1. The molecule has 1 rings (SSSR count). The fraction of sp³-hybridized carbons (Fsp3) is 0.556. The van der Waals surface area contributed by atoms with Gasteiger partial charge in [-0.15, -0.1) is 0 Å². The molecule has 0 spiro atoms. The van der Waals surface area contributed by atoms with Gasteiger partial charge in [0.1, 0.15) is 6.61 Å². The number of rotatable bonds is 6. The summed E-state index contributed by atoms with van der Waals surface area (Å²) in [5.41, 5.74) is -0.419. The first kappa shape index (κ1) is 14.6. The number of nitrogens with zero attached hydrogens (tertiary/aromatic N) is 3. The summed E-state index contributed by atoms with van der Waals surface area (Å²) in [4.78, 5) is 17.9. The van der Waals surface area contributed by atoms with Crippen molar-refractivity contribution in [2.24, 2.45) is 0 Å². The molecule has 1 heterocycles. The molecule has 9 heteroatoms. The minimum absolute atomic E-state index is 0.0343. The van der Waals surface area contributed by atoms with E-state index in [2.05, 4.69) is 15.3 Å². The van der Waals surface area contributed by atoms with Crippen LogP contribution in [0.1, 0.15) is 12.7 Å². The Kier molecular flexibility index (Phi) is 5.20. The summed E-state index contributed by atoms with van der Waals surface area (Å²) in [6.45, 7) is 1.74. The van der Waals surface area contributed by atoms with Gasteiger partial charge in [0.15, 0.2) is 5.82 Å². The smallest absolute Gasteiger partial charge is 0.348 e. The molecule has 0 aliphatic heterocycles. The number of aliphatic hydroxyl groups is 1. The van der Waals surface area contributed by atoms with E-state index in [0.717, 1.165) is 0 Å². The maximum atomic E-state index is 10.9. The maximum Gasteiger partial charge on any atom is 0.348 e. The summed E-state index contributed by atoms with van der Waals surface area (Å²) < 4.78 is 4.83. The monoisotopic (exact) mass is 276 g/mol. The first-order valence-corrected chi connectivity index (χ1v) is 5.45. The number of aromatic nitrogens is 2.